The first-order chi connectivity index (χ1) is 16.5. The Labute approximate surface area is 212 Å². The van der Waals surface area contributed by atoms with Crippen LogP contribution >= 0.6 is 11.6 Å². The van der Waals surface area contributed by atoms with E-state index in [9.17, 15) is 9.90 Å². The van der Waals surface area contributed by atoms with E-state index in [2.05, 4.69) is 48.2 Å². The standard InChI is InChI=1S/C29H33ClN2O3/c1-18-6-10-21(11-7-18)26-23-17-32(16-20-8-12-22(30)13-9-20)15-14-24(23)31-19(2)25(26)27(28(33)34)35-29(3,4)5/h6-13,27H,14-17H2,1-5H3,(H,33,34). The molecule has 184 valence electrons. The Morgan fingerprint density at radius 1 is 1.11 bits per heavy atom. The van der Waals surface area contributed by atoms with Gasteiger partial charge in [-0.25, -0.2) is 4.79 Å². The minimum atomic E-state index is -1.12. The summed E-state index contributed by atoms with van der Waals surface area (Å²) >= 11 is 6.07. The van der Waals surface area contributed by atoms with Crippen LogP contribution in [0, 0.1) is 13.8 Å². The molecule has 2 aromatic carbocycles. The molecule has 0 saturated heterocycles. The molecule has 1 aliphatic heterocycles. The Morgan fingerprint density at radius 2 is 1.77 bits per heavy atom. The van der Waals surface area contributed by atoms with E-state index in [-0.39, 0.29) is 0 Å². The Balaban J connectivity index is 1.84. The number of hydrogen-bond acceptors (Lipinski definition) is 4. The van der Waals surface area contributed by atoms with Crippen molar-refractivity contribution in [2.45, 2.75) is 65.8 Å². The molecule has 6 heteroatoms. The summed E-state index contributed by atoms with van der Waals surface area (Å²) in [6, 6.07) is 16.2. The molecule has 1 N–H and O–H groups in total. The molecule has 0 bridgehead atoms. The van der Waals surface area contributed by atoms with E-state index in [4.69, 9.17) is 21.3 Å². The van der Waals surface area contributed by atoms with E-state index in [1.165, 1.54) is 5.56 Å². The highest BCUT2D eigenvalue weighted by atomic mass is 35.5. The molecule has 1 aliphatic rings. The summed E-state index contributed by atoms with van der Waals surface area (Å²) in [4.78, 5) is 19.8. The van der Waals surface area contributed by atoms with Crippen LogP contribution in [0.3, 0.4) is 0 Å². The third-order valence-electron chi connectivity index (χ3n) is 6.28. The molecule has 0 saturated carbocycles. The Kier molecular flexibility index (Phi) is 7.32. The maximum Gasteiger partial charge on any atom is 0.337 e. The Hall–Kier alpha value is -2.73. The molecular weight excluding hydrogens is 460 g/mol. The average Bonchev–Trinajstić information content (AvgIpc) is 2.78. The lowest BCUT2D eigenvalue weighted by Crippen LogP contribution is -2.33. The van der Waals surface area contributed by atoms with Gasteiger partial charge in [-0.05, 0) is 69.0 Å². The van der Waals surface area contributed by atoms with Gasteiger partial charge in [-0.15, -0.1) is 0 Å². The number of pyridine rings is 1. The van der Waals surface area contributed by atoms with Crippen molar-refractivity contribution >= 4 is 17.6 Å². The lowest BCUT2D eigenvalue weighted by molar-refractivity contribution is -0.160. The number of aryl methyl sites for hydroxylation is 2. The molecule has 0 spiro atoms. The largest absolute Gasteiger partial charge is 0.479 e. The SMILES string of the molecule is Cc1ccc(-c2c3c(nc(C)c2C(OC(C)(C)C)C(=O)O)CCN(Cc2ccc(Cl)cc2)C3)cc1. The molecule has 1 unspecified atom stereocenters. The van der Waals surface area contributed by atoms with Gasteiger partial charge in [0.05, 0.1) is 5.60 Å². The van der Waals surface area contributed by atoms with Crippen LogP contribution in [0.15, 0.2) is 48.5 Å². The van der Waals surface area contributed by atoms with Crippen LogP contribution in [0.5, 0.6) is 0 Å². The zero-order valence-corrected chi connectivity index (χ0v) is 21.8. The van der Waals surface area contributed by atoms with Crippen molar-refractivity contribution in [3.05, 3.63) is 87.2 Å². The van der Waals surface area contributed by atoms with Crippen LogP contribution in [-0.4, -0.2) is 33.1 Å². The van der Waals surface area contributed by atoms with Crippen LogP contribution in [-0.2, 0) is 29.0 Å². The van der Waals surface area contributed by atoms with Crippen LogP contribution in [0.2, 0.25) is 5.02 Å². The van der Waals surface area contributed by atoms with Gasteiger partial charge < -0.3 is 9.84 Å². The van der Waals surface area contributed by atoms with Gasteiger partial charge in [0, 0.05) is 48.0 Å². The number of fused-ring (bicyclic) bond motifs is 1. The molecule has 2 heterocycles. The quantitative estimate of drug-likeness (QED) is 0.424. The Morgan fingerprint density at radius 3 is 2.37 bits per heavy atom. The van der Waals surface area contributed by atoms with Gasteiger partial charge in [-0.3, -0.25) is 9.88 Å². The van der Waals surface area contributed by atoms with Gasteiger partial charge in [-0.1, -0.05) is 53.6 Å². The van der Waals surface area contributed by atoms with E-state index >= 15 is 0 Å². The van der Waals surface area contributed by atoms with Gasteiger partial charge in [0.25, 0.3) is 0 Å². The van der Waals surface area contributed by atoms with Crippen molar-refractivity contribution in [1.82, 2.24) is 9.88 Å². The summed E-state index contributed by atoms with van der Waals surface area (Å²) < 4.78 is 6.11. The number of aliphatic carboxylic acids is 1. The molecule has 4 rings (SSSR count). The van der Waals surface area contributed by atoms with Gasteiger partial charge in [0.1, 0.15) is 0 Å². The first-order valence-electron chi connectivity index (χ1n) is 12.0. The van der Waals surface area contributed by atoms with Crippen LogP contribution < -0.4 is 0 Å². The van der Waals surface area contributed by atoms with Crippen molar-refractivity contribution in [3.63, 3.8) is 0 Å². The highest BCUT2D eigenvalue weighted by Gasteiger charge is 2.34. The maximum atomic E-state index is 12.5. The van der Waals surface area contributed by atoms with Crippen LogP contribution in [0.25, 0.3) is 11.1 Å². The first-order valence-corrected chi connectivity index (χ1v) is 12.4. The van der Waals surface area contributed by atoms with Crippen molar-refractivity contribution in [2.75, 3.05) is 6.54 Å². The van der Waals surface area contributed by atoms with Gasteiger partial charge in [0.15, 0.2) is 6.10 Å². The highest BCUT2D eigenvalue weighted by Crippen LogP contribution is 2.40. The average molecular weight is 493 g/mol. The zero-order chi connectivity index (χ0) is 25.3. The molecule has 5 nitrogen and oxygen atoms in total. The first kappa shape index (κ1) is 25.4. The molecule has 0 radical (unpaired) electrons. The fourth-order valence-corrected chi connectivity index (χ4v) is 4.83. The summed E-state index contributed by atoms with van der Waals surface area (Å²) in [7, 11) is 0. The molecule has 1 aromatic heterocycles. The summed E-state index contributed by atoms with van der Waals surface area (Å²) in [5, 5.41) is 11.0. The number of benzene rings is 2. The molecule has 3 aromatic rings. The number of carboxylic acid groups (broad SMARTS) is 1. The van der Waals surface area contributed by atoms with Gasteiger partial charge in [-0.2, -0.15) is 0 Å². The summed E-state index contributed by atoms with van der Waals surface area (Å²) in [6.07, 6.45) is -0.309. The topological polar surface area (TPSA) is 62.7 Å². The lowest BCUT2D eigenvalue weighted by Gasteiger charge is -2.33. The zero-order valence-electron chi connectivity index (χ0n) is 21.1. The lowest BCUT2D eigenvalue weighted by atomic mass is 9.87. The van der Waals surface area contributed by atoms with E-state index in [0.29, 0.717) is 17.8 Å². The summed E-state index contributed by atoms with van der Waals surface area (Å²) in [6.45, 7) is 11.9. The van der Waals surface area contributed by atoms with Gasteiger partial charge >= 0.3 is 5.97 Å². The maximum absolute atomic E-state index is 12.5. The number of ether oxygens (including phenoxy) is 1. The van der Waals surface area contributed by atoms with Crippen molar-refractivity contribution in [2.24, 2.45) is 0 Å². The minimum absolute atomic E-state index is 0.628. The molecule has 0 aliphatic carbocycles. The number of carboxylic acids is 1. The number of halogens is 1. The Bertz CT molecular complexity index is 1210. The molecule has 1 atom stereocenters. The monoisotopic (exact) mass is 492 g/mol. The van der Waals surface area contributed by atoms with E-state index in [1.807, 2.05) is 39.8 Å². The fourth-order valence-electron chi connectivity index (χ4n) is 4.70. The summed E-state index contributed by atoms with van der Waals surface area (Å²) in [5.74, 6) is -1.01. The third kappa shape index (κ3) is 5.92. The normalized spacial score (nSPS) is 15.0. The molecular formula is C29H33ClN2O3. The number of carbonyl (C=O) groups is 1. The number of hydrogen-bond donors (Lipinski definition) is 1. The van der Waals surface area contributed by atoms with Crippen molar-refractivity contribution in [3.8, 4) is 11.1 Å². The number of nitrogens with zero attached hydrogens (tertiary/aromatic N) is 2. The van der Waals surface area contributed by atoms with E-state index < -0.39 is 17.7 Å². The number of rotatable bonds is 6. The second-order valence-electron chi connectivity index (χ2n) is 10.3. The second-order valence-corrected chi connectivity index (χ2v) is 10.7. The molecule has 35 heavy (non-hydrogen) atoms. The minimum Gasteiger partial charge on any atom is -0.479 e. The third-order valence-corrected chi connectivity index (χ3v) is 6.53. The summed E-state index contributed by atoms with van der Waals surface area (Å²) in [5.41, 5.74) is 7.11. The van der Waals surface area contributed by atoms with Crippen LogP contribution in [0.1, 0.15) is 60.5 Å². The molecule has 0 fully saturated rings. The van der Waals surface area contributed by atoms with Gasteiger partial charge in [0.2, 0.25) is 0 Å². The van der Waals surface area contributed by atoms with E-state index in [1.54, 1.807) is 0 Å². The number of aromatic nitrogens is 1. The van der Waals surface area contributed by atoms with Crippen molar-refractivity contribution < 1.29 is 14.6 Å². The van der Waals surface area contributed by atoms with E-state index in [0.717, 1.165) is 52.5 Å². The highest BCUT2D eigenvalue weighted by molar-refractivity contribution is 6.30. The van der Waals surface area contributed by atoms with Crippen LogP contribution in [0.4, 0.5) is 0 Å². The smallest absolute Gasteiger partial charge is 0.337 e. The molecule has 0 amide bonds. The fraction of sp³-hybridized carbons (Fsp3) is 0.379. The predicted molar refractivity (Wildman–Crippen MR) is 140 cm³/mol. The van der Waals surface area contributed by atoms with Crippen molar-refractivity contribution in [1.29, 1.82) is 0 Å². The second kappa shape index (κ2) is 10.1. The predicted octanol–water partition coefficient (Wildman–Crippen LogP) is 6.52.